The number of benzene rings is 2. The first-order valence-electron chi connectivity index (χ1n) is 5.88. The molecule has 5 heteroatoms. The van der Waals surface area contributed by atoms with Gasteiger partial charge >= 0.3 is 0 Å². The summed E-state index contributed by atoms with van der Waals surface area (Å²) in [6.45, 7) is 0. The van der Waals surface area contributed by atoms with Gasteiger partial charge in [-0.1, -0.05) is 36.4 Å². The maximum Gasteiger partial charge on any atom is 0.174 e. The van der Waals surface area contributed by atoms with Crippen LogP contribution in [0, 0.1) is 0 Å². The SMILES string of the molecule is Oc1ccc2ccccc2c1N=Nc1ccccn1.[In]. The molecule has 3 aromatic rings. The Morgan fingerprint density at radius 1 is 0.850 bits per heavy atom. The van der Waals surface area contributed by atoms with Crippen LogP contribution in [0.25, 0.3) is 10.8 Å². The normalized spacial score (nSPS) is 10.6. The summed E-state index contributed by atoms with van der Waals surface area (Å²) >= 11 is 0. The molecule has 0 unspecified atom stereocenters. The minimum atomic E-state index is 0. The van der Waals surface area contributed by atoms with E-state index in [9.17, 15) is 5.11 Å². The van der Waals surface area contributed by atoms with Crippen LogP contribution in [-0.4, -0.2) is 35.9 Å². The maximum atomic E-state index is 9.91. The van der Waals surface area contributed by atoms with E-state index in [0.29, 0.717) is 11.5 Å². The summed E-state index contributed by atoms with van der Waals surface area (Å²) in [7, 11) is 0. The molecule has 0 amide bonds. The Kier molecular flexibility index (Phi) is 4.74. The molecular weight excluding hydrogens is 353 g/mol. The number of nitrogens with zero attached hydrogens (tertiary/aromatic N) is 3. The van der Waals surface area contributed by atoms with Crippen molar-refractivity contribution in [2.45, 2.75) is 0 Å². The number of rotatable bonds is 2. The Hall–Kier alpha value is -1.88. The van der Waals surface area contributed by atoms with Gasteiger partial charge in [0.25, 0.3) is 0 Å². The third-order valence-corrected chi connectivity index (χ3v) is 2.78. The predicted molar refractivity (Wildman–Crippen MR) is 79.8 cm³/mol. The molecule has 0 saturated carbocycles. The Morgan fingerprint density at radius 3 is 2.45 bits per heavy atom. The smallest absolute Gasteiger partial charge is 0.174 e. The van der Waals surface area contributed by atoms with Crippen molar-refractivity contribution in [3.8, 4) is 5.75 Å². The van der Waals surface area contributed by atoms with E-state index in [1.54, 1.807) is 18.3 Å². The summed E-state index contributed by atoms with van der Waals surface area (Å²) in [5, 5.41) is 19.9. The third kappa shape index (κ3) is 2.99. The fourth-order valence-corrected chi connectivity index (χ4v) is 1.86. The zero-order valence-corrected chi connectivity index (χ0v) is 13.9. The summed E-state index contributed by atoms with van der Waals surface area (Å²) in [5.41, 5.74) is 0.462. The van der Waals surface area contributed by atoms with Gasteiger partial charge in [-0.25, -0.2) is 4.98 Å². The van der Waals surface area contributed by atoms with Crippen molar-refractivity contribution in [2.24, 2.45) is 10.2 Å². The van der Waals surface area contributed by atoms with Crippen LogP contribution in [0.2, 0.25) is 0 Å². The first kappa shape index (κ1) is 14.5. The van der Waals surface area contributed by atoms with Crippen LogP contribution in [0.4, 0.5) is 11.5 Å². The minimum Gasteiger partial charge on any atom is -0.506 e. The maximum absolute atomic E-state index is 9.91. The van der Waals surface area contributed by atoms with Gasteiger partial charge in [0.05, 0.1) is 0 Å². The Balaban J connectivity index is 0.00000147. The van der Waals surface area contributed by atoms with Crippen molar-refractivity contribution in [2.75, 3.05) is 0 Å². The molecule has 0 atom stereocenters. The summed E-state index contributed by atoms with van der Waals surface area (Å²) in [6.07, 6.45) is 1.65. The second-order valence-corrected chi connectivity index (χ2v) is 4.04. The van der Waals surface area contributed by atoms with Gasteiger partial charge < -0.3 is 5.11 Å². The number of azo groups is 1. The molecule has 1 N–H and O–H groups in total. The minimum absolute atomic E-state index is 0. The van der Waals surface area contributed by atoms with Crippen LogP contribution in [-0.2, 0) is 0 Å². The predicted octanol–water partition coefficient (Wildman–Crippen LogP) is 3.98. The van der Waals surface area contributed by atoms with Crippen LogP contribution >= 0.6 is 0 Å². The molecule has 0 aliphatic carbocycles. The number of fused-ring (bicyclic) bond motifs is 1. The second kappa shape index (κ2) is 6.52. The summed E-state index contributed by atoms with van der Waals surface area (Å²) in [4.78, 5) is 4.06. The molecule has 0 aliphatic rings. The van der Waals surface area contributed by atoms with Gasteiger partial charge in [-0.15, -0.1) is 10.2 Å². The number of hydrogen-bond donors (Lipinski definition) is 1. The van der Waals surface area contributed by atoms with Crippen LogP contribution in [0.1, 0.15) is 0 Å². The van der Waals surface area contributed by atoms with Gasteiger partial charge in [0.2, 0.25) is 0 Å². The summed E-state index contributed by atoms with van der Waals surface area (Å²) in [5.74, 6) is 0.619. The van der Waals surface area contributed by atoms with Gasteiger partial charge in [-0.2, -0.15) is 0 Å². The van der Waals surface area contributed by atoms with Crippen molar-refractivity contribution in [1.29, 1.82) is 0 Å². The number of hydrogen-bond acceptors (Lipinski definition) is 4. The van der Waals surface area contributed by atoms with Crippen LogP contribution in [0.3, 0.4) is 0 Å². The summed E-state index contributed by atoms with van der Waals surface area (Å²) in [6, 6.07) is 16.6. The van der Waals surface area contributed by atoms with E-state index in [0.717, 1.165) is 10.8 Å². The van der Waals surface area contributed by atoms with E-state index < -0.39 is 0 Å². The Labute approximate surface area is 135 Å². The van der Waals surface area contributed by atoms with Crippen LogP contribution < -0.4 is 0 Å². The molecule has 95 valence electrons. The average molecular weight is 364 g/mol. The number of phenolic OH excluding ortho intramolecular Hbond substituents is 1. The van der Waals surface area contributed by atoms with Gasteiger partial charge in [0.1, 0.15) is 11.4 Å². The molecule has 1 heterocycles. The second-order valence-electron chi connectivity index (χ2n) is 4.04. The van der Waals surface area contributed by atoms with E-state index in [1.165, 1.54) is 0 Å². The molecule has 0 aliphatic heterocycles. The molecular formula is C15H11InN3O. The van der Waals surface area contributed by atoms with E-state index in [2.05, 4.69) is 15.2 Å². The molecule has 2 aromatic carbocycles. The molecule has 3 radical (unpaired) electrons. The van der Waals surface area contributed by atoms with Gasteiger partial charge in [0.15, 0.2) is 5.82 Å². The molecule has 0 fully saturated rings. The van der Waals surface area contributed by atoms with E-state index in [-0.39, 0.29) is 31.6 Å². The van der Waals surface area contributed by atoms with E-state index in [1.807, 2.05) is 42.5 Å². The monoisotopic (exact) mass is 364 g/mol. The standard InChI is InChI=1S/C15H11N3O.In/c19-13-9-8-11-5-1-2-6-12(11)15(13)18-17-14-7-3-4-10-16-14;/h1-10,19H;. The average Bonchev–Trinajstić information content (AvgIpc) is 2.47. The van der Waals surface area contributed by atoms with Crippen molar-refractivity contribution >= 4 is 48.1 Å². The van der Waals surface area contributed by atoms with Crippen molar-refractivity contribution in [1.82, 2.24) is 4.98 Å². The largest absolute Gasteiger partial charge is 0.506 e. The quantitative estimate of drug-likeness (QED) is 0.700. The molecule has 1 aromatic heterocycles. The molecule has 3 rings (SSSR count). The molecule has 0 saturated heterocycles. The number of aromatic hydroxyl groups is 1. The van der Waals surface area contributed by atoms with E-state index >= 15 is 0 Å². The number of phenols is 1. The van der Waals surface area contributed by atoms with Gasteiger partial charge in [-0.05, 0) is 23.6 Å². The topological polar surface area (TPSA) is 57.8 Å². The first-order chi connectivity index (χ1) is 9.34. The van der Waals surface area contributed by atoms with Crippen molar-refractivity contribution < 1.29 is 5.11 Å². The Morgan fingerprint density at radius 2 is 1.65 bits per heavy atom. The molecule has 20 heavy (non-hydrogen) atoms. The van der Waals surface area contributed by atoms with E-state index in [4.69, 9.17) is 0 Å². The fraction of sp³-hybridized carbons (Fsp3) is 0. The summed E-state index contributed by atoms with van der Waals surface area (Å²) < 4.78 is 0. The zero-order valence-electron chi connectivity index (χ0n) is 10.6. The van der Waals surface area contributed by atoms with Crippen LogP contribution in [0.15, 0.2) is 71.0 Å². The third-order valence-electron chi connectivity index (χ3n) is 2.78. The zero-order chi connectivity index (χ0) is 13.1. The molecule has 0 bridgehead atoms. The molecule has 0 spiro atoms. The van der Waals surface area contributed by atoms with Gasteiger partial charge in [-0.3, -0.25) is 0 Å². The Bertz CT molecular complexity index is 744. The number of aromatic nitrogens is 1. The van der Waals surface area contributed by atoms with Crippen molar-refractivity contribution in [3.63, 3.8) is 0 Å². The van der Waals surface area contributed by atoms with Gasteiger partial charge in [0, 0.05) is 37.4 Å². The fourth-order valence-electron chi connectivity index (χ4n) is 1.86. The van der Waals surface area contributed by atoms with Crippen LogP contribution in [0.5, 0.6) is 5.75 Å². The first-order valence-corrected chi connectivity index (χ1v) is 5.88. The van der Waals surface area contributed by atoms with Crippen molar-refractivity contribution in [3.05, 3.63) is 60.8 Å². The molecule has 4 nitrogen and oxygen atoms in total. The number of pyridine rings is 1.